The highest BCUT2D eigenvalue weighted by Crippen LogP contribution is 2.06. The van der Waals surface area contributed by atoms with Crippen LogP contribution in [0.15, 0.2) is 67.0 Å². The SMILES string of the molecule is O=C(NCCc1ccccc1)c1cnc(NCc2ccc(F)cc2)nc1. The molecule has 0 aliphatic rings. The van der Waals surface area contributed by atoms with Gasteiger partial charge in [0.2, 0.25) is 5.95 Å². The lowest BCUT2D eigenvalue weighted by atomic mass is 10.1. The molecule has 0 unspecified atom stereocenters. The molecule has 0 spiro atoms. The van der Waals surface area contributed by atoms with Crippen molar-refractivity contribution in [3.8, 4) is 0 Å². The monoisotopic (exact) mass is 350 g/mol. The molecule has 1 aromatic heterocycles. The van der Waals surface area contributed by atoms with E-state index in [0.717, 1.165) is 12.0 Å². The van der Waals surface area contributed by atoms with E-state index in [9.17, 15) is 9.18 Å². The standard InChI is InChI=1S/C20H19FN4O/c21-18-8-6-16(7-9-18)12-23-20-24-13-17(14-25-20)19(26)22-11-10-15-4-2-1-3-5-15/h1-9,13-14H,10-12H2,(H,22,26)(H,23,24,25). The Morgan fingerprint density at radius 2 is 1.62 bits per heavy atom. The summed E-state index contributed by atoms with van der Waals surface area (Å²) in [5.41, 5.74) is 2.49. The Kier molecular flexibility index (Phi) is 5.88. The summed E-state index contributed by atoms with van der Waals surface area (Å²) in [5, 5.41) is 5.89. The Balaban J connectivity index is 1.47. The lowest BCUT2D eigenvalue weighted by Crippen LogP contribution is -2.26. The van der Waals surface area contributed by atoms with Crippen molar-refractivity contribution in [3.63, 3.8) is 0 Å². The van der Waals surface area contributed by atoms with Gasteiger partial charge in [0.15, 0.2) is 0 Å². The molecule has 6 heteroatoms. The van der Waals surface area contributed by atoms with Gasteiger partial charge in [-0.05, 0) is 29.7 Å². The summed E-state index contributed by atoms with van der Waals surface area (Å²) in [5.74, 6) is -0.0613. The van der Waals surface area contributed by atoms with E-state index in [1.54, 1.807) is 12.1 Å². The number of amides is 1. The summed E-state index contributed by atoms with van der Waals surface area (Å²) >= 11 is 0. The van der Waals surface area contributed by atoms with Crippen LogP contribution < -0.4 is 10.6 Å². The number of hydrogen-bond donors (Lipinski definition) is 2. The van der Waals surface area contributed by atoms with Crippen molar-refractivity contribution in [2.75, 3.05) is 11.9 Å². The topological polar surface area (TPSA) is 66.9 Å². The second-order valence-electron chi connectivity index (χ2n) is 5.77. The summed E-state index contributed by atoms with van der Waals surface area (Å²) < 4.78 is 12.9. The molecule has 0 bridgehead atoms. The van der Waals surface area contributed by atoms with Crippen molar-refractivity contribution in [3.05, 3.63) is 89.5 Å². The van der Waals surface area contributed by atoms with Gasteiger partial charge in [0, 0.05) is 25.5 Å². The Labute approximate surface area is 151 Å². The van der Waals surface area contributed by atoms with Crippen LogP contribution in [0.2, 0.25) is 0 Å². The molecule has 1 amide bonds. The second kappa shape index (κ2) is 8.71. The Morgan fingerprint density at radius 3 is 2.31 bits per heavy atom. The third-order valence-electron chi connectivity index (χ3n) is 3.82. The highest BCUT2D eigenvalue weighted by atomic mass is 19.1. The number of benzene rings is 2. The smallest absolute Gasteiger partial charge is 0.254 e. The highest BCUT2D eigenvalue weighted by molar-refractivity contribution is 5.93. The van der Waals surface area contributed by atoms with E-state index in [1.165, 1.54) is 30.1 Å². The maximum absolute atomic E-state index is 12.9. The minimum atomic E-state index is -0.271. The molecule has 0 atom stereocenters. The van der Waals surface area contributed by atoms with Crippen molar-refractivity contribution in [1.29, 1.82) is 0 Å². The molecule has 2 N–H and O–H groups in total. The van der Waals surface area contributed by atoms with Crippen LogP contribution >= 0.6 is 0 Å². The van der Waals surface area contributed by atoms with Crippen LogP contribution in [0.1, 0.15) is 21.5 Å². The zero-order valence-electron chi connectivity index (χ0n) is 14.2. The van der Waals surface area contributed by atoms with Crippen LogP contribution in [0, 0.1) is 5.82 Å². The zero-order chi connectivity index (χ0) is 18.2. The molecule has 3 aromatic rings. The minimum Gasteiger partial charge on any atom is -0.352 e. The van der Waals surface area contributed by atoms with Crippen molar-refractivity contribution >= 4 is 11.9 Å². The first kappa shape index (κ1) is 17.5. The van der Waals surface area contributed by atoms with E-state index < -0.39 is 0 Å². The van der Waals surface area contributed by atoms with E-state index in [0.29, 0.717) is 24.6 Å². The van der Waals surface area contributed by atoms with E-state index in [-0.39, 0.29) is 11.7 Å². The molecule has 1 heterocycles. The van der Waals surface area contributed by atoms with E-state index in [2.05, 4.69) is 20.6 Å². The first-order valence-electron chi connectivity index (χ1n) is 8.33. The average molecular weight is 350 g/mol. The fourth-order valence-corrected chi connectivity index (χ4v) is 2.39. The van der Waals surface area contributed by atoms with Crippen LogP contribution in [0.25, 0.3) is 0 Å². The van der Waals surface area contributed by atoms with Gasteiger partial charge < -0.3 is 10.6 Å². The minimum absolute atomic E-state index is 0.203. The van der Waals surface area contributed by atoms with E-state index >= 15 is 0 Å². The molecule has 2 aromatic carbocycles. The Bertz CT molecular complexity index is 836. The normalized spacial score (nSPS) is 10.3. The lowest BCUT2D eigenvalue weighted by molar-refractivity contribution is 0.0953. The number of hydrogen-bond acceptors (Lipinski definition) is 4. The molecule has 5 nitrogen and oxygen atoms in total. The molecule has 3 rings (SSSR count). The number of nitrogens with zero attached hydrogens (tertiary/aromatic N) is 2. The van der Waals surface area contributed by atoms with Crippen LogP contribution in [0.4, 0.5) is 10.3 Å². The van der Waals surface area contributed by atoms with Crippen LogP contribution in [0.3, 0.4) is 0 Å². The fraction of sp³-hybridized carbons (Fsp3) is 0.150. The van der Waals surface area contributed by atoms with Crippen LogP contribution in [-0.4, -0.2) is 22.4 Å². The molecule has 0 saturated heterocycles. The summed E-state index contributed by atoms with van der Waals surface area (Å²) in [6, 6.07) is 16.2. The van der Waals surface area contributed by atoms with Crippen LogP contribution in [0.5, 0.6) is 0 Å². The molecular weight excluding hydrogens is 331 g/mol. The van der Waals surface area contributed by atoms with Gasteiger partial charge in [-0.25, -0.2) is 14.4 Å². The highest BCUT2D eigenvalue weighted by Gasteiger charge is 2.07. The zero-order valence-corrected chi connectivity index (χ0v) is 14.2. The van der Waals surface area contributed by atoms with Crippen molar-refractivity contribution in [2.24, 2.45) is 0 Å². The molecule has 0 aliphatic heterocycles. The number of carbonyl (C=O) groups is 1. The fourth-order valence-electron chi connectivity index (χ4n) is 2.39. The molecular formula is C20H19FN4O. The molecule has 0 aliphatic carbocycles. The maximum Gasteiger partial charge on any atom is 0.254 e. The lowest BCUT2D eigenvalue weighted by Gasteiger charge is -2.07. The van der Waals surface area contributed by atoms with Crippen LogP contribution in [-0.2, 0) is 13.0 Å². The van der Waals surface area contributed by atoms with Crippen molar-refractivity contribution < 1.29 is 9.18 Å². The Morgan fingerprint density at radius 1 is 0.923 bits per heavy atom. The first-order valence-corrected chi connectivity index (χ1v) is 8.33. The van der Waals surface area contributed by atoms with Crippen molar-refractivity contribution in [2.45, 2.75) is 13.0 Å². The first-order chi connectivity index (χ1) is 12.7. The number of aromatic nitrogens is 2. The van der Waals surface area contributed by atoms with Gasteiger partial charge in [-0.15, -0.1) is 0 Å². The molecule has 0 saturated carbocycles. The molecule has 0 radical (unpaired) electrons. The number of nitrogens with one attached hydrogen (secondary N) is 2. The van der Waals surface area contributed by atoms with Gasteiger partial charge >= 0.3 is 0 Å². The molecule has 132 valence electrons. The Hall–Kier alpha value is -3.28. The predicted molar refractivity (Wildman–Crippen MR) is 98.2 cm³/mol. The second-order valence-corrected chi connectivity index (χ2v) is 5.77. The van der Waals surface area contributed by atoms with E-state index in [1.807, 2.05) is 30.3 Å². The number of rotatable bonds is 7. The summed E-state index contributed by atoms with van der Waals surface area (Å²) in [6.07, 6.45) is 3.74. The van der Waals surface area contributed by atoms with Gasteiger partial charge in [0.1, 0.15) is 5.82 Å². The summed E-state index contributed by atoms with van der Waals surface area (Å²) in [4.78, 5) is 20.4. The third kappa shape index (κ3) is 5.11. The van der Waals surface area contributed by atoms with E-state index in [4.69, 9.17) is 0 Å². The predicted octanol–water partition coefficient (Wildman–Crippen LogP) is 3.20. The molecule has 26 heavy (non-hydrogen) atoms. The quantitative estimate of drug-likeness (QED) is 0.687. The van der Waals surface area contributed by atoms with Gasteiger partial charge in [0.05, 0.1) is 5.56 Å². The van der Waals surface area contributed by atoms with Gasteiger partial charge in [-0.3, -0.25) is 4.79 Å². The van der Waals surface area contributed by atoms with Gasteiger partial charge in [-0.1, -0.05) is 42.5 Å². The number of anilines is 1. The largest absolute Gasteiger partial charge is 0.352 e. The average Bonchev–Trinajstić information content (AvgIpc) is 2.69. The van der Waals surface area contributed by atoms with Gasteiger partial charge in [-0.2, -0.15) is 0 Å². The molecule has 0 fully saturated rings. The number of halogens is 1. The van der Waals surface area contributed by atoms with Crippen molar-refractivity contribution in [1.82, 2.24) is 15.3 Å². The third-order valence-corrected chi connectivity index (χ3v) is 3.82. The van der Waals surface area contributed by atoms with Gasteiger partial charge in [0.25, 0.3) is 5.91 Å². The summed E-state index contributed by atoms with van der Waals surface area (Å²) in [6.45, 7) is 1.02. The summed E-state index contributed by atoms with van der Waals surface area (Å²) in [7, 11) is 0. The maximum atomic E-state index is 12.9. The number of carbonyl (C=O) groups excluding carboxylic acids is 1.